The molecular formula is C10H13N5O. The van der Waals surface area contributed by atoms with Gasteiger partial charge in [-0.05, 0) is 19.1 Å². The average molecular weight is 219 g/mol. The second kappa shape index (κ2) is 4.18. The summed E-state index contributed by atoms with van der Waals surface area (Å²) in [4.78, 5) is 4.24. The van der Waals surface area contributed by atoms with Crippen molar-refractivity contribution in [2.75, 3.05) is 5.32 Å². The number of hydrogen-bond acceptors (Lipinski definition) is 5. The number of nitrogens with one attached hydrogen (secondary N) is 1. The first-order chi connectivity index (χ1) is 7.66. The summed E-state index contributed by atoms with van der Waals surface area (Å²) >= 11 is 0. The van der Waals surface area contributed by atoms with Gasteiger partial charge < -0.3 is 10.4 Å². The first kappa shape index (κ1) is 10.4. The van der Waals surface area contributed by atoms with E-state index in [4.69, 9.17) is 0 Å². The predicted octanol–water partition coefficient (Wildman–Crippen LogP) is 0.836. The molecule has 0 aliphatic rings. The molecule has 0 atom stereocenters. The number of aryl methyl sites for hydroxylation is 2. The van der Waals surface area contributed by atoms with E-state index in [2.05, 4.69) is 20.6 Å². The maximum absolute atomic E-state index is 9.59. The molecule has 2 heterocycles. The van der Waals surface area contributed by atoms with Gasteiger partial charge in [-0.15, -0.1) is 5.10 Å². The molecule has 2 N–H and O–H groups in total. The van der Waals surface area contributed by atoms with Crippen molar-refractivity contribution < 1.29 is 5.11 Å². The summed E-state index contributed by atoms with van der Waals surface area (Å²) in [6.45, 7) is 2.32. The topological polar surface area (TPSA) is 75.9 Å². The fraction of sp³-hybridized carbons (Fsp3) is 0.300. The highest BCUT2D eigenvalue weighted by atomic mass is 16.3. The van der Waals surface area contributed by atoms with Crippen LogP contribution in [0, 0.1) is 6.92 Å². The van der Waals surface area contributed by atoms with E-state index in [9.17, 15) is 5.11 Å². The Hall–Kier alpha value is -2.11. The van der Waals surface area contributed by atoms with Gasteiger partial charge in [-0.3, -0.25) is 4.98 Å². The van der Waals surface area contributed by atoms with Crippen molar-refractivity contribution in [2.24, 2.45) is 7.05 Å². The third-order valence-electron chi connectivity index (χ3n) is 2.24. The van der Waals surface area contributed by atoms with Crippen LogP contribution in [0.3, 0.4) is 0 Å². The van der Waals surface area contributed by atoms with Crippen molar-refractivity contribution in [3.63, 3.8) is 0 Å². The molecule has 2 aromatic rings. The minimum absolute atomic E-state index is 0.188. The van der Waals surface area contributed by atoms with Gasteiger partial charge in [0.2, 0.25) is 0 Å². The molecule has 6 heteroatoms. The number of nitrogens with zero attached hydrogens (tertiary/aromatic N) is 4. The van der Waals surface area contributed by atoms with E-state index in [1.165, 1.54) is 0 Å². The van der Waals surface area contributed by atoms with Crippen LogP contribution in [-0.2, 0) is 13.6 Å². The van der Waals surface area contributed by atoms with Crippen molar-refractivity contribution in [1.29, 1.82) is 0 Å². The van der Waals surface area contributed by atoms with E-state index in [-0.39, 0.29) is 5.75 Å². The van der Waals surface area contributed by atoms with Gasteiger partial charge in [-0.2, -0.15) is 0 Å². The Balaban J connectivity index is 2.10. The van der Waals surface area contributed by atoms with E-state index >= 15 is 0 Å². The molecule has 0 saturated carbocycles. The zero-order valence-corrected chi connectivity index (χ0v) is 9.18. The smallest absolute Gasteiger partial charge is 0.144 e. The van der Waals surface area contributed by atoms with Gasteiger partial charge in [0.25, 0.3) is 0 Å². The zero-order valence-electron chi connectivity index (χ0n) is 9.18. The number of aromatic nitrogens is 4. The van der Waals surface area contributed by atoms with Gasteiger partial charge in [0.05, 0.1) is 12.7 Å². The SMILES string of the molecule is Cc1ccc(O)c(CNc2cnnn2C)n1. The molecule has 0 aliphatic heterocycles. The van der Waals surface area contributed by atoms with Gasteiger partial charge in [0, 0.05) is 12.7 Å². The highest BCUT2D eigenvalue weighted by Crippen LogP contribution is 2.15. The fourth-order valence-electron chi connectivity index (χ4n) is 1.36. The van der Waals surface area contributed by atoms with Crippen LogP contribution in [0.5, 0.6) is 5.75 Å². The summed E-state index contributed by atoms with van der Waals surface area (Å²) in [6.07, 6.45) is 1.62. The van der Waals surface area contributed by atoms with Crippen LogP contribution in [0.15, 0.2) is 18.3 Å². The molecule has 0 bridgehead atoms. The Kier molecular flexibility index (Phi) is 2.72. The van der Waals surface area contributed by atoms with Gasteiger partial charge in [0.1, 0.15) is 17.3 Å². The molecule has 0 fully saturated rings. The normalized spacial score (nSPS) is 10.4. The quantitative estimate of drug-likeness (QED) is 0.799. The summed E-state index contributed by atoms with van der Waals surface area (Å²) in [5.41, 5.74) is 1.49. The maximum atomic E-state index is 9.59. The number of anilines is 1. The lowest BCUT2D eigenvalue weighted by Crippen LogP contribution is -2.06. The van der Waals surface area contributed by atoms with E-state index in [0.29, 0.717) is 12.2 Å². The third-order valence-corrected chi connectivity index (χ3v) is 2.24. The minimum Gasteiger partial charge on any atom is -0.506 e. The number of rotatable bonds is 3. The van der Waals surface area contributed by atoms with Crippen LogP contribution < -0.4 is 5.32 Å². The van der Waals surface area contributed by atoms with Crippen LogP contribution in [-0.4, -0.2) is 25.1 Å². The minimum atomic E-state index is 0.188. The molecule has 0 spiro atoms. The molecule has 16 heavy (non-hydrogen) atoms. The Morgan fingerprint density at radius 3 is 2.94 bits per heavy atom. The molecule has 0 radical (unpaired) electrons. The standard InChI is InChI=1S/C10H13N5O/c1-7-3-4-9(16)8(13-7)5-11-10-6-12-14-15(10)2/h3-4,6,11,16H,5H2,1-2H3. The first-order valence-corrected chi connectivity index (χ1v) is 4.91. The highest BCUT2D eigenvalue weighted by molar-refractivity contribution is 5.35. The lowest BCUT2D eigenvalue weighted by atomic mass is 10.3. The molecule has 2 rings (SSSR count). The Morgan fingerprint density at radius 2 is 2.25 bits per heavy atom. The summed E-state index contributed by atoms with van der Waals surface area (Å²) < 4.78 is 1.62. The van der Waals surface area contributed by atoms with Gasteiger partial charge >= 0.3 is 0 Å². The highest BCUT2D eigenvalue weighted by Gasteiger charge is 2.04. The van der Waals surface area contributed by atoms with Crippen LogP contribution in [0.1, 0.15) is 11.4 Å². The summed E-state index contributed by atoms with van der Waals surface area (Å²) in [5.74, 6) is 0.968. The monoisotopic (exact) mass is 219 g/mol. The lowest BCUT2D eigenvalue weighted by molar-refractivity contribution is 0.464. The molecule has 0 aliphatic carbocycles. The summed E-state index contributed by atoms with van der Waals surface area (Å²) in [7, 11) is 1.79. The molecule has 84 valence electrons. The van der Waals surface area contributed by atoms with Crippen molar-refractivity contribution in [2.45, 2.75) is 13.5 Å². The molecule has 0 unspecified atom stereocenters. The molecule has 0 saturated heterocycles. The first-order valence-electron chi connectivity index (χ1n) is 4.91. The molecule has 0 amide bonds. The Morgan fingerprint density at radius 1 is 1.44 bits per heavy atom. The lowest BCUT2D eigenvalue weighted by Gasteiger charge is -2.07. The average Bonchev–Trinajstić information content (AvgIpc) is 2.66. The Labute approximate surface area is 92.9 Å². The van der Waals surface area contributed by atoms with Crippen LogP contribution in [0.2, 0.25) is 0 Å². The summed E-state index contributed by atoms with van der Waals surface area (Å²) in [6, 6.07) is 3.41. The number of aromatic hydroxyl groups is 1. The van der Waals surface area contributed by atoms with Crippen LogP contribution in [0.25, 0.3) is 0 Å². The van der Waals surface area contributed by atoms with Crippen molar-refractivity contribution in [3.8, 4) is 5.75 Å². The van der Waals surface area contributed by atoms with Crippen molar-refractivity contribution in [1.82, 2.24) is 20.0 Å². The fourth-order valence-corrected chi connectivity index (χ4v) is 1.36. The van der Waals surface area contributed by atoms with Crippen molar-refractivity contribution >= 4 is 5.82 Å². The predicted molar refractivity (Wildman–Crippen MR) is 59.0 cm³/mol. The maximum Gasteiger partial charge on any atom is 0.144 e. The van der Waals surface area contributed by atoms with E-state index in [0.717, 1.165) is 11.5 Å². The van der Waals surface area contributed by atoms with Crippen LogP contribution >= 0.6 is 0 Å². The largest absolute Gasteiger partial charge is 0.506 e. The van der Waals surface area contributed by atoms with Crippen molar-refractivity contribution in [3.05, 3.63) is 29.7 Å². The van der Waals surface area contributed by atoms with Gasteiger partial charge in [-0.1, -0.05) is 5.21 Å². The van der Waals surface area contributed by atoms with Crippen LogP contribution in [0.4, 0.5) is 5.82 Å². The number of pyridine rings is 1. The second-order valence-electron chi connectivity index (χ2n) is 3.51. The second-order valence-corrected chi connectivity index (χ2v) is 3.51. The molecular weight excluding hydrogens is 206 g/mol. The van der Waals surface area contributed by atoms with Gasteiger partial charge in [-0.25, -0.2) is 4.68 Å². The molecule has 2 aromatic heterocycles. The van der Waals surface area contributed by atoms with E-state index in [1.807, 2.05) is 6.92 Å². The zero-order chi connectivity index (χ0) is 11.5. The van der Waals surface area contributed by atoms with E-state index < -0.39 is 0 Å². The van der Waals surface area contributed by atoms with Gasteiger partial charge in [0.15, 0.2) is 0 Å². The molecule has 6 nitrogen and oxygen atoms in total. The third kappa shape index (κ3) is 2.10. The molecule has 0 aromatic carbocycles. The van der Waals surface area contributed by atoms with E-state index in [1.54, 1.807) is 30.1 Å². The summed E-state index contributed by atoms with van der Waals surface area (Å²) in [5, 5.41) is 20.2. The number of hydrogen-bond donors (Lipinski definition) is 2. The Bertz CT molecular complexity index is 494.